The standard InChI is InChI=1S/C19H19FN4O2/c20-16-5-9-18(10-6-16)26-17-7-3-15(4-8-17)12-22-19(25)2-1-11-24-14-21-13-23-24/h3-10,13-14H,1-2,11-12H2,(H,22,25). The molecule has 1 aromatic heterocycles. The molecule has 0 bridgehead atoms. The van der Waals surface area contributed by atoms with Gasteiger partial charge in [0, 0.05) is 19.5 Å². The second-order valence-corrected chi connectivity index (χ2v) is 5.74. The van der Waals surface area contributed by atoms with E-state index in [0.717, 1.165) is 5.56 Å². The number of halogens is 1. The molecule has 0 aliphatic carbocycles. The Kier molecular flexibility index (Phi) is 5.92. The lowest BCUT2D eigenvalue weighted by Crippen LogP contribution is -2.22. The average Bonchev–Trinajstić information content (AvgIpc) is 3.16. The molecule has 1 heterocycles. The first-order valence-electron chi connectivity index (χ1n) is 8.30. The maximum absolute atomic E-state index is 12.9. The minimum Gasteiger partial charge on any atom is -0.457 e. The molecular weight excluding hydrogens is 335 g/mol. The third-order valence-electron chi connectivity index (χ3n) is 3.72. The number of amides is 1. The second kappa shape index (κ2) is 8.75. The molecule has 7 heteroatoms. The lowest BCUT2D eigenvalue weighted by molar-refractivity contribution is -0.121. The van der Waals surface area contributed by atoms with Gasteiger partial charge in [0.25, 0.3) is 0 Å². The Balaban J connectivity index is 1.40. The van der Waals surface area contributed by atoms with Crippen LogP contribution in [0.4, 0.5) is 4.39 Å². The van der Waals surface area contributed by atoms with Crippen LogP contribution in [0, 0.1) is 5.82 Å². The molecule has 1 N–H and O–H groups in total. The van der Waals surface area contributed by atoms with Gasteiger partial charge in [-0.05, 0) is 48.4 Å². The summed E-state index contributed by atoms with van der Waals surface area (Å²) in [6, 6.07) is 13.2. The zero-order valence-corrected chi connectivity index (χ0v) is 14.1. The van der Waals surface area contributed by atoms with Gasteiger partial charge in [0.15, 0.2) is 0 Å². The molecule has 0 spiro atoms. The number of aryl methyl sites for hydroxylation is 1. The zero-order chi connectivity index (χ0) is 18.2. The summed E-state index contributed by atoms with van der Waals surface area (Å²) in [5.41, 5.74) is 0.973. The van der Waals surface area contributed by atoms with Crippen molar-refractivity contribution in [2.24, 2.45) is 0 Å². The van der Waals surface area contributed by atoms with Gasteiger partial charge < -0.3 is 10.1 Å². The molecule has 0 saturated carbocycles. The molecule has 3 aromatic rings. The molecular formula is C19H19FN4O2. The van der Waals surface area contributed by atoms with Gasteiger partial charge >= 0.3 is 0 Å². The Hall–Kier alpha value is -3.22. The van der Waals surface area contributed by atoms with Crippen molar-refractivity contribution < 1.29 is 13.9 Å². The van der Waals surface area contributed by atoms with E-state index in [1.807, 2.05) is 24.3 Å². The number of carbonyl (C=O) groups is 1. The van der Waals surface area contributed by atoms with E-state index >= 15 is 0 Å². The number of hydrogen-bond donors (Lipinski definition) is 1. The van der Waals surface area contributed by atoms with Gasteiger partial charge in [0.05, 0.1) is 0 Å². The normalized spacial score (nSPS) is 10.5. The lowest BCUT2D eigenvalue weighted by atomic mass is 10.2. The number of carbonyl (C=O) groups excluding carboxylic acids is 1. The largest absolute Gasteiger partial charge is 0.457 e. The van der Waals surface area contributed by atoms with Gasteiger partial charge in [-0.25, -0.2) is 9.37 Å². The van der Waals surface area contributed by atoms with E-state index < -0.39 is 0 Å². The van der Waals surface area contributed by atoms with Crippen molar-refractivity contribution in [3.63, 3.8) is 0 Å². The zero-order valence-electron chi connectivity index (χ0n) is 14.1. The first kappa shape index (κ1) is 17.6. The minimum atomic E-state index is -0.301. The summed E-state index contributed by atoms with van der Waals surface area (Å²) in [5.74, 6) is 0.917. The van der Waals surface area contributed by atoms with Crippen LogP contribution in [0.1, 0.15) is 18.4 Å². The summed E-state index contributed by atoms with van der Waals surface area (Å²) < 4.78 is 20.2. The summed E-state index contributed by atoms with van der Waals surface area (Å²) >= 11 is 0. The number of nitrogens with zero attached hydrogens (tertiary/aromatic N) is 3. The van der Waals surface area contributed by atoms with Gasteiger partial charge in [0.1, 0.15) is 30.0 Å². The first-order chi connectivity index (χ1) is 12.7. The van der Waals surface area contributed by atoms with Crippen LogP contribution < -0.4 is 10.1 Å². The monoisotopic (exact) mass is 354 g/mol. The minimum absolute atomic E-state index is 0.00301. The highest BCUT2D eigenvalue weighted by atomic mass is 19.1. The molecule has 0 aliphatic rings. The summed E-state index contributed by atoms with van der Waals surface area (Å²) in [5, 5.41) is 6.88. The maximum Gasteiger partial charge on any atom is 0.220 e. The Morgan fingerprint density at radius 3 is 2.42 bits per heavy atom. The number of hydrogen-bond acceptors (Lipinski definition) is 4. The fourth-order valence-corrected chi connectivity index (χ4v) is 2.35. The molecule has 0 aliphatic heterocycles. The van der Waals surface area contributed by atoms with Crippen LogP contribution in [-0.2, 0) is 17.9 Å². The molecule has 0 radical (unpaired) electrons. The van der Waals surface area contributed by atoms with E-state index in [9.17, 15) is 9.18 Å². The van der Waals surface area contributed by atoms with Crippen molar-refractivity contribution in [2.75, 3.05) is 0 Å². The van der Waals surface area contributed by atoms with Crippen molar-refractivity contribution in [1.82, 2.24) is 20.1 Å². The predicted molar refractivity (Wildman–Crippen MR) is 94.0 cm³/mol. The van der Waals surface area contributed by atoms with E-state index in [4.69, 9.17) is 4.74 Å². The number of ether oxygens (including phenoxy) is 1. The highest BCUT2D eigenvalue weighted by Crippen LogP contribution is 2.21. The van der Waals surface area contributed by atoms with Crippen LogP contribution in [0.5, 0.6) is 11.5 Å². The number of nitrogens with one attached hydrogen (secondary N) is 1. The molecule has 6 nitrogen and oxygen atoms in total. The van der Waals surface area contributed by atoms with Crippen LogP contribution in [0.2, 0.25) is 0 Å². The van der Waals surface area contributed by atoms with Crippen LogP contribution in [-0.4, -0.2) is 20.7 Å². The van der Waals surface area contributed by atoms with E-state index in [1.165, 1.54) is 18.5 Å². The molecule has 3 rings (SSSR count). The summed E-state index contributed by atoms with van der Waals surface area (Å²) in [6.45, 7) is 1.13. The summed E-state index contributed by atoms with van der Waals surface area (Å²) in [6.07, 6.45) is 4.25. The quantitative estimate of drug-likeness (QED) is 0.674. The lowest BCUT2D eigenvalue weighted by Gasteiger charge is -2.08. The SMILES string of the molecule is O=C(CCCn1cncn1)NCc1ccc(Oc2ccc(F)cc2)cc1. The molecule has 0 saturated heterocycles. The highest BCUT2D eigenvalue weighted by Gasteiger charge is 2.03. The van der Waals surface area contributed by atoms with E-state index in [0.29, 0.717) is 37.4 Å². The molecule has 2 aromatic carbocycles. The predicted octanol–water partition coefficient (Wildman–Crippen LogP) is 3.31. The number of aromatic nitrogens is 3. The van der Waals surface area contributed by atoms with Crippen LogP contribution in [0.25, 0.3) is 0 Å². The smallest absolute Gasteiger partial charge is 0.220 e. The Labute approximate surface area is 150 Å². The van der Waals surface area contributed by atoms with Crippen molar-refractivity contribution in [3.8, 4) is 11.5 Å². The van der Waals surface area contributed by atoms with Crippen molar-refractivity contribution >= 4 is 5.91 Å². The molecule has 0 atom stereocenters. The van der Waals surface area contributed by atoms with Crippen molar-refractivity contribution in [2.45, 2.75) is 25.9 Å². The van der Waals surface area contributed by atoms with Gasteiger partial charge in [-0.3, -0.25) is 9.48 Å². The number of rotatable bonds is 8. The summed E-state index contributed by atoms with van der Waals surface area (Å²) in [4.78, 5) is 15.7. The average molecular weight is 354 g/mol. The fourth-order valence-electron chi connectivity index (χ4n) is 2.35. The van der Waals surface area contributed by atoms with Crippen LogP contribution in [0.3, 0.4) is 0 Å². The molecule has 134 valence electrons. The third-order valence-corrected chi connectivity index (χ3v) is 3.72. The Morgan fingerprint density at radius 2 is 1.77 bits per heavy atom. The Bertz CT molecular complexity index is 818. The van der Waals surface area contributed by atoms with E-state index in [2.05, 4.69) is 15.4 Å². The van der Waals surface area contributed by atoms with E-state index in [1.54, 1.807) is 23.1 Å². The second-order valence-electron chi connectivity index (χ2n) is 5.74. The molecule has 26 heavy (non-hydrogen) atoms. The topological polar surface area (TPSA) is 69.0 Å². The molecule has 1 amide bonds. The molecule has 0 fully saturated rings. The van der Waals surface area contributed by atoms with Gasteiger partial charge in [-0.15, -0.1) is 0 Å². The first-order valence-corrected chi connectivity index (χ1v) is 8.30. The van der Waals surface area contributed by atoms with Crippen molar-refractivity contribution in [1.29, 1.82) is 0 Å². The van der Waals surface area contributed by atoms with E-state index in [-0.39, 0.29) is 11.7 Å². The number of benzene rings is 2. The summed E-state index contributed by atoms with van der Waals surface area (Å²) in [7, 11) is 0. The van der Waals surface area contributed by atoms with Crippen LogP contribution in [0.15, 0.2) is 61.2 Å². The molecule has 0 unspecified atom stereocenters. The Morgan fingerprint density at radius 1 is 1.08 bits per heavy atom. The van der Waals surface area contributed by atoms with Crippen molar-refractivity contribution in [3.05, 3.63) is 72.6 Å². The van der Waals surface area contributed by atoms with Gasteiger partial charge in [-0.1, -0.05) is 12.1 Å². The fraction of sp³-hybridized carbons (Fsp3) is 0.211. The van der Waals surface area contributed by atoms with Crippen LogP contribution >= 0.6 is 0 Å². The van der Waals surface area contributed by atoms with Gasteiger partial charge in [0.2, 0.25) is 5.91 Å². The van der Waals surface area contributed by atoms with Gasteiger partial charge in [-0.2, -0.15) is 5.10 Å². The maximum atomic E-state index is 12.9. The third kappa shape index (κ3) is 5.41. The highest BCUT2D eigenvalue weighted by molar-refractivity contribution is 5.75.